The smallest absolute Gasteiger partial charge is 0.176 e. The molecule has 0 spiro atoms. The van der Waals surface area contributed by atoms with Crippen molar-refractivity contribution in [3.05, 3.63) is 131 Å². The molecule has 0 bridgehead atoms. The van der Waals surface area contributed by atoms with Gasteiger partial charge in [-0.2, -0.15) is 0 Å². The van der Waals surface area contributed by atoms with Crippen molar-refractivity contribution in [2.75, 3.05) is 60.8 Å². The predicted molar refractivity (Wildman–Crippen MR) is 287 cm³/mol. The fraction of sp³-hybridized carbons (Fsp3) is 0.255. The van der Waals surface area contributed by atoms with Gasteiger partial charge in [0.25, 0.3) is 0 Å². The number of nitrogens with zero attached hydrogens (tertiary/aromatic N) is 6. The number of anilines is 6. The summed E-state index contributed by atoms with van der Waals surface area (Å²) in [6.45, 7) is 6.92. The minimum atomic E-state index is -0.696. The highest BCUT2D eigenvalue weighted by Gasteiger charge is 2.30. The summed E-state index contributed by atoms with van der Waals surface area (Å²) < 4.78 is 10.9. The number of aromatic hydroxyl groups is 2. The number of phenolic OH excluding ortho intramolecular Hbond substituents is 2. The second kappa shape index (κ2) is 20.0. The van der Waals surface area contributed by atoms with E-state index in [0.29, 0.717) is 56.0 Å². The Hall–Kier alpha value is -7.43. The number of hydrogen-bond acceptors (Lipinski definition) is 15. The van der Waals surface area contributed by atoms with Crippen LogP contribution in [0.4, 0.5) is 34.4 Å². The monoisotopic (exact) mass is 1000 g/mol. The van der Waals surface area contributed by atoms with Crippen LogP contribution >= 0.6 is 23.2 Å². The molecule has 2 aliphatic heterocycles. The maximum absolute atomic E-state index is 15.3. The zero-order valence-electron chi connectivity index (χ0n) is 40.2. The Morgan fingerprint density at radius 1 is 0.611 bits per heavy atom. The summed E-state index contributed by atoms with van der Waals surface area (Å²) in [6.07, 6.45) is 8.89. The Morgan fingerprint density at radius 3 is 1.40 bits per heavy atom. The first-order chi connectivity index (χ1) is 34.8. The van der Waals surface area contributed by atoms with Crippen molar-refractivity contribution in [1.29, 1.82) is 0 Å². The first kappa shape index (κ1) is 48.2. The number of carbonyl (C=O) groups is 1. The Labute approximate surface area is 426 Å². The van der Waals surface area contributed by atoms with Crippen LogP contribution < -0.4 is 41.4 Å². The number of benzene rings is 4. The molecule has 4 unspecified atom stereocenters. The van der Waals surface area contributed by atoms with Gasteiger partial charge >= 0.3 is 0 Å². The van der Waals surface area contributed by atoms with Gasteiger partial charge in [-0.3, -0.25) is 14.8 Å². The van der Waals surface area contributed by atoms with Gasteiger partial charge in [-0.05, 0) is 108 Å². The molecule has 17 heteroatoms. The molecule has 368 valence electrons. The highest BCUT2D eigenvalue weighted by Crippen LogP contribution is 2.44. The van der Waals surface area contributed by atoms with Crippen molar-refractivity contribution in [3.8, 4) is 45.3 Å². The van der Waals surface area contributed by atoms with E-state index < -0.39 is 11.8 Å². The van der Waals surface area contributed by atoms with E-state index in [4.69, 9.17) is 64.1 Å². The number of hydrogen-bond donors (Lipinski definition) is 6. The van der Waals surface area contributed by atoms with Crippen LogP contribution in [-0.2, 0) is 4.79 Å². The van der Waals surface area contributed by atoms with Crippen molar-refractivity contribution in [1.82, 2.24) is 19.9 Å². The van der Waals surface area contributed by atoms with E-state index in [-0.39, 0.29) is 50.9 Å². The molecule has 4 atom stereocenters. The molecule has 6 heterocycles. The van der Waals surface area contributed by atoms with Crippen molar-refractivity contribution in [2.45, 2.75) is 50.6 Å². The maximum Gasteiger partial charge on any atom is 0.176 e. The van der Waals surface area contributed by atoms with Crippen LogP contribution in [0.25, 0.3) is 44.1 Å². The van der Waals surface area contributed by atoms with Crippen LogP contribution in [0.1, 0.15) is 49.7 Å². The molecular formula is C55H54Cl2N10O5. The lowest BCUT2D eigenvalue weighted by Gasteiger charge is -2.24. The van der Waals surface area contributed by atoms with Crippen LogP contribution in [0, 0.1) is 0 Å². The number of rotatable bonds is 14. The molecule has 72 heavy (non-hydrogen) atoms. The number of ether oxygens (including phenoxy) is 2. The van der Waals surface area contributed by atoms with Gasteiger partial charge in [0.1, 0.15) is 17.4 Å². The summed E-state index contributed by atoms with van der Waals surface area (Å²) in [4.78, 5) is 39.2. The van der Waals surface area contributed by atoms with Gasteiger partial charge < -0.3 is 51.6 Å². The van der Waals surface area contributed by atoms with E-state index in [1.54, 1.807) is 49.1 Å². The number of aromatic nitrogens is 4. The summed E-state index contributed by atoms with van der Waals surface area (Å²) in [6, 6.07) is 26.6. The zero-order valence-corrected chi connectivity index (χ0v) is 41.7. The lowest BCUT2D eigenvalue weighted by molar-refractivity contribution is -0.121. The van der Waals surface area contributed by atoms with Gasteiger partial charge in [-0.25, -0.2) is 9.97 Å². The number of nitrogens with one attached hydrogen (secondary N) is 2. The van der Waals surface area contributed by atoms with Crippen LogP contribution in [0.2, 0.25) is 10.0 Å². The molecule has 0 amide bonds. The van der Waals surface area contributed by atoms with Crippen molar-refractivity contribution >= 4 is 85.2 Å². The molecule has 8 aromatic rings. The predicted octanol–water partition coefficient (Wildman–Crippen LogP) is 10.7. The normalized spacial score (nSPS) is 16.6. The number of carbonyl (C=O) groups excluding carboxylic acids is 1. The number of halogens is 2. The van der Waals surface area contributed by atoms with E-state index in [9.17, 15) is 10.2 Å². The topological polar surface area (TPSA) is 210 Å². The molecule has 4 aromatic heterocycles. The number of phenols is 2. The zero-order chi connectivity index (χ0) is 50.4. The molecule has 10 rings (SSSR count). The summed E-state index contributed by atoms with van der Waals surface area (Å²) in [5, 5.41) is 30.2. The standard InChI is InChI=1S/C55H54Cl2N10O5/c1-29(41-25-60-45-9-5-31(33-19-43(56)54(69)47(21-33)71-3)17-39(45)51(41)64-37-7-11-49(62-23-37)66-15-13-35(58)27-66)53(68)30(2)42-26-61-46-10-6-32(34-20-44(57)55(70)48(22-34)72-4)18-40(46)52(42)65-38-8-12-50(63-24-38)67-16-14-36(59)28-67/h5-12,17-26,29-30,35-36,69-70H,13-16,27-28,58-59H2,1-4H3,(H,60,64)(H,61,65). The lowest BCUT2D eigenvalue weighted by atomic mass is 9.84. The van der Waals surface area contributed by atoms with Crippen molar-refractivity contribution in [3.63, 3.8) is 0 Å². The van der Waals surface area contributed by atoms with Crippen LogP contribution in [-0.4, -0.2) is 88.4 Å². The highest BCUT2D eigenvalue weighted by molar-refractivity contribution is 6.33. The van der Waals surface area contributed by atoms with E-state index in [0.717, 1.165) is 72.6 Å². The van der Waals surface area contributed by atoms with Crippen molar-refractivity contribution in [2.24, 2.45) is 11.5 Å². The summed E-state index contributed by atoms with van der Waals surface area (Å²) in [7, 11) is 2.95. The van der Waals surface area contributed by atoms with Gasteiger partial charge in [-0.1, -0.05) is 49.2 Å². The van der Waals surface area contributed by atoms with Gasteiger partial charge in [-0.15, -0.1) is 0 Å². The lowest BCUT2D eigenvalue weighted by Crippen LogP contribution is -2.26. The molecule has 0 aliphatic carbocycles. The second-order valence-corrected chi connectivity index (χ2v) is 19.4. The molecule has 15 nitrogen and oxygen atoms in total. The quantitative estimate of drug-likeness (QED) is 0.0598. The third-order valence-electron chi connectivity index (χ3n) is 13.9. The summed E-state index contributed by atoms with van der Waals surface area (Å²) in [5.41, 5.74) is 20.9. The average molecular weight is 1010 g/mol. The van der Waals surface area contributed by atoms with Gasteiger partial charge in [0, 0.05) is 84.4 Å². The number of nitrogens with two attached hydrogens (primary N) is 2. The Balaban J connectivity index is 1.06. The summed E-state index contributed by atoms with van der Waals surface area (Å²) >= 11 is 13.0. The van der Waals surface area contributed by atoms with E-state index >= 15 is 4.79 Å². The summed E-state index contributed by atoms with van der Waals surface area (Å²) in [5.74, 6) is 0.368. The SMILES string of the molecule is COc1cc(-c2ccc3ncc(C(C)C(=O)C(C)c4cnc5ccc(-c6cc(Cl)c(O)c(OC)c6)cc5c4Nc4ccc(N5CCC(N)C5)nc4)c(Nc4ccc(N5CCC(N)C5)nc4)c3c2)cc(Cl)c1O. The molecule has 8 N–H and O–H groups in total. The van der Waals surface area contributed by atoms with Gasteiger partial charge in [0.15, 0.2) is 23.0 Å². The minimum absolute atomic E-state index is 0.0847. The largest absolute Gasteiger partial charge is 0.503 e. The van der Waals surface area contributed by atoms with E-state index in [1.165, 1.54) is 14.2 Å². The molecule has 2 saturated heterocycles. The third-order valence-corrected chi connectivity index (χ3v) is 14.5. The van der Waals surface area contributed by atoms with Crippen molar-refractivity contribution < 1.29 is 24.5 Å². The van der Waals surface area contributed by atoms with E-state index in [1.807, 2.05) is 74.5 Å². The molecule has 4 aromatic carbocycles. The molecule has 2 fully saturated rings. The number of methoxy groups -OCH3 is 2. The highest BCUT2D eigenvalue weighted by atomic mass is 35.5. The molecular weight excluding hydrogens is 952 g/mol. The van der Waals surface area contributed by atoms with Gasteiger partial charge in [0.2, 0.25) is 0 Å². The van der Waals surface area contributed by atoms with Crippen LogP contribution in [0.3, 0.4) is 0 Å². The minimum Gasteiger partial charge on any atom is -0.503 e. The fourth-order valence-corrected chi connectivity index (χ4v) is 10.2. The molecule has 2 aliphatic rings. The van der Waals surface area contributed by atoms with Crippen LogP contribution in [0.15, 0.2) is 110 Å². The number of pyridine rings is 4. The van der Waals surface area contributed by atoms with Crippen LogP contribution in [0.5, 0.6) is 23.0 Å². The molecule has 0 saturated carbocycles. The first-order valence-electron chi connectivity index (χ1n) is 23.8. The number of Topliss-reactive ketones (excluding diaryl/α,β-unsaturated/α-hetero) is 1. The Kier molecular flexibility index (Phi) is 13.4. The number of fused-ring (bicyclic) bond motifs is 2. The molecule has 0 radical (unpaired) electrons. The number of ketones is 1. The maximum atomic E-state index is 15.3. The van der Waals surface area contributed by atoms with E-state index in [2.05, 4.69) is 20.4 Å². The fourth-order valence-electron chi connectivity index (χ4n) is 9.76. The first-order valence-corrected chi connectivity index (χ1v) is 24.5. The Bertz CT molecular complexity index is 3140. The average Bonchev–Trinajstić information content (AvgIpc) is 4.05. The Morgan fingerprint density at radius 2 is 1.04 bits per heavy atom. The third kappa shape index (κ3) is 9.43. The van der Waals surface area contributed by atoms with Gasteiger partial charge in [0.05, 0.1) is 70.4 Å². The second-order valence-electron chi connectivity index (χ2n) is 18.6.